The number of amides is 1. The van der Waals surface area contributed by atoms with Crippen molar-refractivity contribution < 1.29 is 4.79 Å². The van der Waals surface area contributed by atoms with Gasteiger partial charge in [0.25, 0.3) is 11.1 Å². The highest BCUT2D eigenvalue weighted by atomic mass is 16.2. The van der Waals surface area contributed by atoms with E-state index in [9.17, 15) is 19.2 Å². The van der Waals surface area contributed by atoms with Crippen LogP contribution in [0.2, 0.25) is 0 Å². The van der Waals surface area contributed by atoms with E-state index in [-0.39, 0.29) is 37.5 Å². The van der Waals surface area contributed by atoms with Crippen molar-refractivity contribution >= 4 is 5.91 Å². The summed E-state index contributed by atoms with van der Waals surface area (Å²) in [5.41, 5.74) is -1.35. The number of aryl methyl sites for hydroxylation is 1. The maximum Gasteiger partial charge on any atom is 0.328 e. The molecular formula is C16H17N7O4. The second kappa shape index (κ2) is 8.08. The first-order chi connectivity index (χ1) is 13.0. The first-order valence-corrected chi connectivity index (χ1v) is 8.17. The van der Waals surface area contributed by atoms with E-state index in [2.05, 4.69) is 20.5 Å². The van der Waals surface area contributed by atoms with E-state index >= 15 is 0 Å². The number of nitrogens with one attached hydrogen (secondary N) is 2. The maximum absolute atomic E-state index is 11.9. The van der Waals surface area contributed by atoms with Gasteiger partial charge in [-0.1, -0.05) is 0 Å². The molecule has 0 atom stereocenters. The zero-order valence-corrected chi connectivity index (χ0v) is 14.2. The van der Waals surface area contributed by atoms with Gasteiger partial charge >= 0.3 is 5.69 Å². The van der Waals surface area contributed by atoms with Crippen LogP contribution in [-0.4, -0.2) is 41.6 Å². The lowest BCUT2D eigenvalue weighted by Gasteiger charge is -2.09. The third-order valence-corrected chi connectivity index (χ3v) is 3.71. The van der Waals surface area contributed by atoms with Crippen molar-refractivity contribution in [3.8, 4) is 5.82 Å². The third-order valence-electron chi connectivity index (χ3n) is 3.71. The smallest absolute Gasteiger partial charge is 0.328 e. The van der Waals surface area contributed by atoms with Crippen molar-refractivity contribution in [3.63, 3.8) is 0 Å². The number of hydrogen-bond donors (Lipinski definition) is 2. The molecule has 3 rings (SSSR count). The van der Waals surface area contributed by atoms with Crippen molar-refractivity contribution in [2.24, 2.45) is 0 Å². The van der Waals surface area contributed by atoms with Crippen LogP contribution in [0.25, 0.3) is 5.82 Å². The molecule has 0 saturated carbocycles. The summed E-state index contributed by atoms with van der Waals surface area (Å²) in [6.45, 7) is 0.529. The summed E-state index contributed by atoms with van der Waals surface area (Å²) < 4.78 is 4.00. The van der Waals surface area contributed by atoms with Crippen molar-refractivity contribution in [2.75, 3.05) is 6.54 Å². The number of aromatic amines is 1. The minimum atomic E-state index is -0.568. The Hall–Kier alpha value is -3.76. The van der Waals surface area contributed by atoms with Gasteiger partial charge < -0.3 is 9.88 Å². The fourth-order valence-corrected chi connectivity index (χ4v) is 2.36. The topological polar surface area (TPSA) is 137 Å². The molecule has 27 heavy (non-hydrogen) atoms. The first-order valence-electron chi connectivity index (χ1n) is 8.17. The zero-order valence-electron chi connectivity index (χ0n) is 14.2. The predicted octanol–water partition coefficient (Wildman–Crippen LogP) is -1.51. The van der Waals surface area contributed by atoms with Crippen LogP contribution in [0.1, 0.15) is 6.42 Å². The minimum Gasteiger partial charge on any atom is -0.354 e. The lowest BCUT2D eigenvalue weighted by atomic mass is 10.4. The third kappa shape index (κ3) is 4.66. The van der Waals surface area contributed by atoms with Crippen LogP contribution in [0.3, 0.4) is 0 Å². The van der Waals surface area contributed by atoms with Crippen LogP contribution in [0.4, 0.5) is 0 Å². The SMILES string of the molecule is O=C(CCn1ccc(=O)[nH]c1=O)NCCn1nc(-n2cccn2)ccc1=O. The highest BCUT2D eigenvalue weighted by molar-refractivity contribution is 5.75. The molecule has 0 spiro atoms. The van der Waals surface area contributed by atoms with Crippen LogP contribution in [0.5, 0.6) is 0 Å². The molecule has 0 radical (unpaired) electrons. The summed E-state index contributed by atoms with van der Waals surface area (Å²) in [5.74, 6) is 0.202. The Labute approximate surface area is 151 Å². The first kappa shape index (κ1) is 18.0. The molecule has 1 amide bonds. The molecule has 0 unspecified atom stereocenters. The Bertz CT molecular complexity index is 1090. The molecule has 0 aliphatic heterocycles. The number of carbonyl (C=O) groups is 1. The van der Waals surface area contributed by atoms with Gasteiger partial charge in [-0.3, -0.25) is 19.4 Å². The van der Waals surface area contributed by atoms with E-state index in [1.165, 1.54) is 32.3 Å². The summed E-state index contributed by atoms with van der Waals surface area (Å²) in [7, 11) is 0. The molecule has 0 aromatic carbocycles. The minimum absolute atomic E-state index is 0.0571. The van der Waals surface area contributed by atoms with Crippen LogP contribution >= 0.6 is 0 Å². The average molecular weight is 371 g/mol. The summed E-state index contributed by atoms with van der Waals surface area (Å²) in [6, 6.07) is 5.90. The molecule has 0 saturated heterocycles. The Morgan fingerprint density at radius 2 is 1.96 bits per heavy atom. The van der Waals surface area contributed by atoms with Crippen molar-refractivity contribution in [1.82, 2.24) is 34.4 Å². The summed E-state index contributed by atoms with van der Waals surface area (Å²) in [6.07, 6.45) is 4.70. The molecule has 140 valence electrons. The molecular weight excluding hydrogens is 354 g/mol. The molecule has 11 heteroatoms. The van der Waals surface area contributed by atoms with Gasteiger partial charge in [0.2, 0.25) is 5.91 Å². The summed E-state index contributed by atoms with van der Waals surface area (Å²) >= 11 is 0. The second-order valence-electron chi connectivity index (χ2n) is 5.61. The Kier molecular flexibility index (Phi) is 5.40. The summed E-state index contributed by atoms with van der Waals surface area (Å²) in [5, 5.41) is 10.9. The van der Waals surface area contributed by atoms with Gasteiger partial charge in [0.1, 0.15) is 0 Å². The lowest BCUT2D eigenvalue weighted by molar-refractivity contribution is -0.121. The van der Waals surface area contributed by atoms with Gasteiger partial charge in [-0.15, -0.1) is 5.10 Å². The zero-order chi connectivity index (χ0) is 19.2. The molecule has 2 N–H and O–H groups in total. The van der Waals surface area contributed by atoms with Crippen LogP contribution < -0.4 is 22.1 Å². The van der Waals surface area contributed by atoms with E-state index in [1.807, 2.05) is 0 Å². The van der Waals surface area contributed by atoms with E-state index in [0.29, 0.717) is 5.82 Å². The van der Waals surface area contributed by atoms with Gasteiger partial charge in [0.15, 0.2) is 5.82 Å². The molecule has 3 heterocycles. The fraction of sp³-hybridized carbons (Fsp3) is 0.250. The number of H-pyrrole nitrogens is 1. The van der Waals surface area contributed by atoms with Gasteiger partial charge in [-0.2, -0.15) is 5.10 Å². The summed E-state index contributed by atoms with van der Waals surface area (Å²) in [4.78, 5) is 48.4. The molecule has 0 aliphatic carbocycles. The standard InChI is InChI=1S/C16H17N7O4/c24-13(4-9-21-10-5-14(25)19-16(21)27)17-7-11-23-15(26)3-2-12(20-23)22-8-1-6-18-22/h1-3,5-6,8,10H,4,7,9,11H2,(H,17,24)(H,19,25,27). The Balaban J connectivity index is 1.53. The quantitative estimate of drug-likeness (QED) is 0.518. The monoisotopic (exact) mass is 371 g/mol. The van der Waals surface area contributed by atoms with Crippen LogP contribution in [0.15, 0.2) is 57.2 Å². The molecule has 3 aromatic heterocycles. The highest BCUT2D eigenvalue weighted by Crippen LogP contribution is 1.98. The van der Waals surface area contributed by atoms with E-state index in [1.54, 1.807) is 24.5 Å². The molecule has 3 aromatic rings. The molecule has 0 bridgehead atoms. The largest absolute Gasteiger partial charge is 0.354 e. The number of nitrogens with zero attached hydrogens (tertiary/aromatic N) is 5. The molecule has 11 nitrogen and oxygen atoms in total. The van der Waals surface area contributed by atoms with Gasteiger partial charge in [0.05, 0.1) is 6.54 Å². The van der Waals surface area contributed by atoms with Gasteiger partial charge in [-0.25, -0.2) is 14.2 Å². The van der Waals surface area contributed by atoms with E-state index in [4.69, 9.17) is 0 Å². The van der Waals surface area contributed by atoms with E-state index in [0.717, 1.165) is 0 Å². The van der Waals surface area contributed by atoms with Crippen LogP contribution in [0, 0.1) is 0 Å². The van der Waals surface area contributed by atoms with Crippen molar-refractivity contribution in [2.45, 2.75) is 19.5 Å². The lowest BCUT2D eigenvalue weighted by Crippen LogP contribution is -2.34. The van der Waals surface area contributed by atoms with Gasteiger partial charge in [0, 0.05) is 50.2 Å². The van der Waals surface area contributed by atoms with Crippen molar-refractivity contribution in [1.29, 1.82) is 0 Å². The van der Waals surface area contributed by atoms with Gasteiger partial charge in [-0.05, 0) is 12.1 Å². The number of rotatable bonds is 7. The van der Waals surface area contributed by atoms with Crippen molar-refractivity contribution in [3.05, 3.63) is 74.0 Å². The normalized spacial score (nSPS) is 10.7. The second-order valence-corrected chi connectivity index (χ2v) is 5.61. The highest BCUT2D eigenvalue weighted by Gasteiger charge is 2.06. The maximum atomic E-state index is 11.9. The Morgan fingerprint density at radius 1 is 1.11 bits per heavy atom. The molecule has 0 fully saturated rings. The van der Waals surface area contributed by atoms with E-state index < -0.39 is 11.2 Å². The average Bonchev–Trinajstić information content (AvgIpc) is 3.17. The number of hydrogen-bond acceptors (Lipinski definition) is 6. The number of aromatic nitrogens is 6. The molecule has 0 aliphatic rings. The predicted molar refractivity (Wildman–Crippen MR) is 94.6 cm³/mol. The van der Waals surface area contributed by atoms with Crippen LogP contribution in [-0.2, 0) is 17.9 Å². The Morgan fingerprint density at radius 3 is 2.70 bits per heavy atom. The fourth-order valence-electron chi connectivity index (χ4n) is 2.36. The number of carbonyl (C=O) groups excluding carboxylic acids is 1.